The number of aliphatic imine (C=N–C) groups is 1. The largest absolute Gasteiger partial charge is 0.496 e. The van der Waals surface area contributed by atoms with Gasteiger partial charge in [0.25, 0.3) is 5.91 Å². The molecule has 1 aliphatic rings. The second-order valence-electron chi connectivity index (χ2n) is 6.97. The summed E-state index contributed by atoms with van der Waals surface area (Å²) in [5.41, 5.74) is 3.15. The quantitative estimate of drug-likeness (QED) is 0.286. The number of carbonyl (C=O) groups excluding carboxylic acids is 1. The van der Waals surface area contributed by atoms with Gasteiger partial charge in [-0.05, 0) is 69.3 Å². The van der Waals surface area contributed by atoms with Crippen LogP contribution in [0.1, 0.15) is 16.7 Å². The topological polar surface area (TPSA) is 41.9 Å². The van der Waals surface area contributed by atoms with Gasteiger partial charge in [0, 0.05) is 0 Å². The standard InChI is InChI=1S/C25H21IN2O2S/c1-30-22-13-12-20(14-21(22)26)15-23-24(29)28(17-19-10-6-3-7-11-19)25(31-23)27-16-18-8-4-2-5-9-18/h2-15H,16-17H2,1H3/b23-15-,27-25?. The van der Waals surface area contributed by atoms with Crippen LogP contribution in [-0.2, 0) is 17.9 Å². The third-order valence-corrected chi connectivity index (χ3v) is 6.67. The molecule has 0 N–H and O–H groups in total. The monoisotopic (exact) mass is 540 g/mol. The molecule has 1 fully saturated rings. The van der Waals surface area contributed by atoms with Gasteiger partial charge < -0.3 is 4.74 Å². The van der Waals surface area contributed by atoms with Crippen molar-refractivity contribution in [1.82, 2.24) is 4.90 Å². The molecular weight excluding hydrogens is 519 g/mol. The first kappa shape index (κ1) is 21.6. The molecule has 31 heavy (non-hydrogen) atoms. The molecule has 0 saturated carbocycles. The Bertz CT molecular complexity index is 1130. The highest BCUT2D eigenvalue weighted by Crippen LogP contribution is 2.34. The van der Waals surface area contributed by atoms with E-state index in [0.29, 0.717) is 18.0 Å². The number of amides is 1. The molecule has 3 aromatic carbocycles. The Morgan fingerprint density at radius 2 is 1.68 bits per heavy atom. The number of thioether (sulfide) groups is 1. The van der Waals surface area contributed by atoms with Gasteiger partial charge in [-0.2, -0.15) is 0 Å². The van der Waals surface area contributed by atoms with Crippen LogP contribution in [0.25, 0.3) is 6.08 Å². The fourth-order valence-electron chi connectivity index (χ4n) is 3.20. The van der Waals surface area contributed by atoms with Crippen molar-refractivity contribution in [3.05, 3.63) is 104 Å². The van der Waals surface area contributed by atoms with E-state index >= 15 is 0 Å². The predicted octanol–water partition coefficient (Wildman–Crippen LogP) is 5.97. The number of nitrogens with zero attached hydrogens (tertiary/aromatic N) is 2. The average molecular weight is 540 g/mol. The molecule has 4 rings (SSSR count). The van der Waals surface area contributed by atoms with Crippen LogP contribution in [0.2, 0.25) is 0 Å². The molecule has 0 radical (unpaired) electrons. The fraction of sp³-hybridized carbons (Fsp3) is 0.120. The van der Waals surface area contributed by atoms with Crippen molar-refractivity contribution in [2.75, 3.05) is 7.11 Å². The van der Waals surface area contributed by atoms with Crippen molar-refractivity contribution in [1.29, 1.82) is 0 Å². The molecule has 1 saturated heterocycles. The first-order chi connectivity index (χ1) is 15.1. The Kier molecular flexibility index (Phi) is 7.09. The van der Waals surface area contributed by atoms with Gasteiger partial charge in [-0.25, -0.2) is 0 Å². The first-order valence-electron chi connectivity index (χ1n) is 9.81. The van der Waals surface area contributed by atoms with Gasteiger partial charge in [0.2, 0.25) is 0 Å². The van der Waals surface area contributed by atoms with Crippen molar-refractivity contribution in [3.63, 3.8) is 0 Å². The third kappa shape index (κ3) is 5.37. The molecule has 0 aromatic heterocycles. The summed E-state index contributed by atoms with van der Waals surface area (Å²) in [6.45, 7) is 1.03. The van der Waals surface area contributed by atoms with Crippen molar-refractivity contribution in [2.24, 2.45) is 4.99 Å². The molecule has 0 spiro atoms. The Labute approximate surface area is 200 Å². The van der Waals surface area contributed by atoms with Crippen LogP contribution in [0.5, 0.6) is 5.75 Å². The summed E-state index contributed by atoms with van der Waals surface area (Å²) in [7, 11) is 1.66. The van der Waals surface area contributed by atoms with Crippen LogP contribution in [0, 0.1) is 3.57 Å². The Morgan fingerprint density at radius 1 is 1.00 bits per heavy atom. The summed E-state index contributed by atoms with van der Waals surface area (Å²) in [4.78, 5) is 20.5. The first-order valence-corrected chi connectivity index (χ1v) is 11.7. The molecule has 1 amide bonds. The molecule has 156 valence electrons. The van der Waals surface area contributed by atoms with Gasteiger partial charge in [-0.1, -0.05) is 66.7 Å². The second-order valence-corrected chi connectivity index (χ2v) is 9.14. The predicted molar refractivity (Wildman–Crippen MR) is 136 cm³/mol. The molecule has 6 heteroatoms. The van der Waals surface area contributed by atoms with Crippen LogP contribution in [0.3, 0.4) is 0 Å². The van der Waals surface area contributed by atoms with E-state index in [1.54, 1.807) is 12.0 Å². The van der Waals surface area contributed by atoms with Gasteiger partial charge >= 0.3 is 0 Å². The molecule has 1 aliphatic heterocycles. The molecule has 3 aromatic rings. The number of ether oxygens (including phenoxy) is 1. The van der Waals surface area contributed by atoms with Crippen LogP contribution in [0.4, 0.5) is 0 Å². The minimum absolute atomic E-state index is 0.0218. The van der Waals surface area contributed by atoms with E-state index in [0.717, 1.165) is 31.2 Å². The Morgan fingerprint density at radius 3 is 2.32 bits per heavy atom. The number of amidine groups is 1. The highest BCUT2D eigenvalue weighted by atomic mass is 127. The average Bonchev–Trinajstić information content (AvgIpc) is 3.08. The highest BCUT2D eigenvalue weighted by Gasteiger charge is 2.33. The molecule has 1 heterocycles. The van der Waals surface area contributed by atoms with Crippen molar-refractivity contribution in [2.45, 2.75) is 13.1 Å². The lowest BCUT2D eigenvalue weighted by Crippen LogP contribution is -2.28. The molecular formula is C25H21IN2O2S. The summed E-state index contributed by atoms with van der Waals surface area (Å²) in [6.07, 6.45) is 1.93. The summed E-state index contributed by atoms with van der Waals surface area (Å²) in [6, 6.07) is 26.0. The maximum atomic E-state index is 13.3. The normalized spacial score (nSPS) is 16.3. The zero-order chi connectivity index (χ0) is 21.6. The Balaban J connectivity index is 1.63. The zero-order valence-electron chi connectivity index (χ0n) is 17.0. The van der Waals surface area contributed by atoms with Gasteiger partial charge in [0.05, 0.1) is 28.7 Å². The second kappa shape index (κ2) is 10.2. The van der Waals surface area contributed by atoms with Crippen LogP contribution < -0.4 is 4.74 Å². The van der Waals surface area contributed by atoms with E-state index in [4.69, 9.17) is 9.73 Å². The SMILES string of the molecule is COc1ccc(/C=C2\SC(=NCc3ccccc3)N(Cc3ccccc3)C2=O)cc1I. The van der Waals surface area contributed by atoms with Crippen LogP contribution >= 0.6 is 34.4 Å². The molecule has 0 bridgehead atoms. The maximum absolute atomic E-state index is 13.3. The van der Waals surface area contributed by atoms with E-state index in [1.807, 2.05) is 84.9 Å². The number of halogens is 1. The number of methoxy groups -OCH3 is 1. The smallest absolute Gasteiger partial charge is 0.267 e. The molecule has 4 nitrogen and oxygen atoms in total. The lowest BCUT2D eigenvalue weighted by atomic mass is 10.2. The van der Waals surface area contributed by atoms with Crippen LogP contribution in [0.15, 0.2) is 88.8 Å². The summed E-state index contributed by atoms with van der Waals surface area (Å²) >= 11 is 3.67. The zero-order valence-corrected chi connectivity index (χ0v) is 20.0. The lowest BCUT2D eigenvalue weighted by molar-refractivity contribution is -0.122. The highest BCUT2D eigenvalue weighted by molar-refractivity contribution is 14.1. The van der Waals surface area contributed by atoms with Crippen molar-refractivity contribution >= 4 is 51.5 Å². The number of benzene rings is 3. The van der Waals surface area contributed by atoms with Gasteiger partial charge in [0.1, 0.15) is 5.75 Å². The maximum Gasteiger partial charge on any atom is 0.267 e. The van der Waals surface area contributed by atoms with Gasteiger partial charge in [-0.3, -0.25) is 14.7 Å². The molecule has 0 atom stereocenters. The summed E-state index contributed by atoms with van der Waals surface area (Å²) < 4.78 is 6.34. The van der Waals surface area contributed by atoms with Gasteiger partial charge in [0.15, 0.2) is 5.17 Å². The number of hydrogen-bond donors (Lipinski definition) is 0. The molecule has 0 aliphatic carbocycles. The minimum atomic E-state index is -0.0218. The summed E-state index contributed by atoms with van der Waals surface area (Å²) in [5, 5.41) is 0.729. The van der Waals surface area contributed by atoms with E-state index in [-0.39, 0.29) is 5.91 Å². The third-order valence-electron chi connectivity index (χ3n) is 4.78. The lowest BCUT2D eigenvalue weighted by Gasteiger charge is -2.15. The summed E-state index contributed by atoms with van der Waals surface area (Å²) in [5.74, 6) is 0.801. The van der Waals surface area contributed by atoms with E-state index in [9.17, 15) is 4.79 Å². The van der Waals surface area contributed by atoms with E-state index in [2.05, 4.69) is 22.6 Å². The van der Waals surface area contributed by atoms with E-state index in [1.165, 1.54) is 11.8 Å². The Hall–Kier alpha value is -2.58. The minimum Gasteiger partial charge on any atom is -0.496 e. The van der Waals surface area contributed by atoms with Crippen molar-refractivity contribution < 1.29 is 9.53 Å². The van der Waals surface area contributed by atoms with E-state index < -0.39 is 0 Å². The van der Waals surface area contributed by atoms with Crippen molar-refractivity contribution in [3.8, 4) is 5.75 Å². The van der Waals surface area contributed by atoms with Gasteiger partial charge in [-0.15, -0.1) is 0 Å². The number of carbonyl (C=O) groups is 1. The fourth-order valence-corrected chi connectivity index (χ4v) is 4.93. The number of rotatable bonds is 6. The van der Waals surface area contributed by atoms with Crippen LogP contribution in [-0.4, -0.2) is 23.1 Å². The molecule has 0 unspecified atom stereocenters. The number of hydrogen-bond acceptors (Lipinski definition) is 4.